The predicted octanol–water partition coefficient (Wildman–Crippen LogP) is -0.381. The largest absolute Gasteiger partial charge is 0.480 e. The number of H-pyrrole nitrogens is 2. The van der Waals surface area contributed by atoms with Gasteiger partial charge in [-0.05, 0) is 48.9 Å². The summed E-state index contributed by atoms with van der Waals surface area (Å²) in [5.41, 5.74) is 9.31. The number of aromatic nitrogens is 2. The van der Waals surface area contributed by atoms with E-state index in [1.54, 1.807) is 36.7 Å². The number of rotatable bonds is 20. The first-order chi connectivity index (χ1) is 26.6. The summed E-state index contributed by atoms with van der Waals surface area (Å²) in [7, 11) is 0. The van der Waals surface area contributed by atoms with Gasteiger partial charge in [0.1, 0.15) is 30.2 Å². The van der Waals surface area contributed by atoms with Gasteiger partial charge in [-0.2, -0.15) is 12.6 Å². The van der Waals surface area contributed by atoms with E-state index in [-0.39, 0.29) is 30.9 Å². The molecule has 7 atom stereocenters. The Morgan fingerprint density at radius 2 is 1.16 bits per heavy atom. The Labute approximate surface area is 328 Å². The molecule has 302 valence electrons. The lowest BCUT2D eigenvalue weighted by molar-refractivity contribution is -0.142. The van der Waals surface area contributed by atoms with Gasteiger partial charge in [0.2, 0.25) is 29.5 Å². The maximum atomic E-state index is 13.8. The topological polar surface area (TPSA) is 281 Å². The van der Waals surface area contributed by atoms with Crippen LogP contribution in [-0.2, 0) is 41.6 Å². The summed E-state index contributed by atoms with van der Waals surface area (Å²) in [5, 5.41) is 43.9. The van der Waals surface area contributed by atoms with Crippen molar-refractivity contribution in [2.24, 2.45) is 11.7 Å². The Bertz CT molecular complexity index is 2010. The van der Waals surface area contributed by atoms with E-state index in [0.717, 1.165) is 27.4 Å². The molecule has 12 N–H and O–H groups in total. The molecule has 0 saturated heterocycles. The van der Waals surface area contributed by atoms with Crippen LogP contribution in [0.3, 0.4) is 0 Å². The van der Waals surface area contributed by atoms with Gasteiger partial charge >= 0.3 is 5.97 Å². The summed E-state index contributed by atoms with van der Waals surface area (Å²) in [5.74, 6) is -6.02. The molecule has 4 rings (SSSR count). The van der Waals surface area contributed by atoms with Crippen LogP contribution in [0.1, 0.15) is 38.3 Å². The minimum atomic E-state index is -1.61. The Balaban J connectivity index is 1.52. The summed E-state index contributed by atoms with van der Waals surface area (Å²) < 4.78 is 0. The number of carbonyl (C=O) groups is 6. The van der Waals surface area contributed by atoms with Crippen LogP contribution < -0.4 is 32.3 Å². The zero-order chi connectivity index (χ0) is 41.1. The van der Waals surface area contributed by atoms with Crippen LogP contribution in [0, 0.1) is 5.92 Å². The first kappa shape index (κ1) is 43.3. The monoisotopic (exact) mass is 794 g/mol. The van der Waals surface area contributed by atoms with Crippen molar-refractivity contribution in [1.82, 2.24) is 36.6 Å². The van der Waals surface area contributed by atoms with Gasteiger partial charge in [0.15, 0.2) is 0 Å². The number of hydrogen-bond acceptors (Lipinski definition) is 10. The number of carbonyl (C=O) groups excluding carboxylic acids is 5. The van der Waals surface area contributed by atoms with Crippen LogP contribution in [0.4, 0.5) is 0 Å². The molecular formula is C38H50N8O9S. The van der Waals surface area contributed by atoms with E-state index in [1.807, 2.05) is 38.1 Å². The number of carboxylic acids is 1. The Kier molecular flexibility index (Phi) is 15.4. The third-order valence-corrected chi connectivity index (χ3v) is 9.56. The molecule has 17 nitrogen and oxygen atoms in total. The van der Waals surface area contributed by atoms with E-state index in [1.165, 1.54) is 6.92 Å². The molecule has 0 aliphatic carbocycles. The molecule has 0 bridgehead atoms. The second-order valence-electron chi connectivity index (χ2n) is 14.0. The second kappa shape index (κ2) is 19.9. The van der Waals surface area contributed by atoms with Crippen LogP contribution in [-0.4, -0.2) is 116 Å². The predicted molar refractivity (Wildman–Crippen MR) is 211 cm³/mol. The van der Waals surface area contributed by atoms with Crippen molar-refractivity contribution < 1.29 is 44.1 Å². The maximum Gasteiger partial charge on any atom is 0.327 e. The number of fused-ring (bicyclic) bond motifs is 2. The number of carboxylic acid groups (broad SMARTS) is 1. The average molecular weight is 795 g/mol. The molecule has 56 heavy (non-hydrogen) atoms. The van der Waals surface area contributed by atoms with Crippen molar-refractivity contribution in [3.05, 3.63) is 72.1 Å². The summed E-state index contributed by atoms with van der Waals surface area (Å²) in [4.78, 5) is 85.1. The molecule has 0 unspecified atom stereocenters. The summed E-state index contributed by atoms with van der Waals surface area (Å²) in [6, 6.07) is 6.49. The fraction of sp³-hybridized carbons (Fsp3) is 0.421. The average Bonchev–Trinajstić information content (AvgIpc) is 3.77. The standard InChI is InChI=1S/C38H50N8O9S/c1-19(2)12-28(42-33(49)25(39)13-21-15-40-26-10-6-4-8-23(21)26)35(51)46-32(20(3)48)37(53)43-29(14-22-16-41-27-11-7-5-9-24(22)27)34(50)44-30(17-47)36(52)45-31(18-56)38(54)55/h4-11,15-16,19-20,25,28-32,40-41,47-48,56H,12-14,17-18,39H2,1-3H3,(H,42,49)(H,43,53)(H,44,50)(H,45,52)(H,46,51)(H,54,55)/t20-,25+,28+,29+,30+,31+,32+/m1/s1. The molecule has 18 heteroatoms. The van der Waals surface area contributed by atoms with Crippen LogP contribution in [0.25, 0.3) is 21.8 Å². The minimum Gasteiger partial charge on any atom is -0.480 e. The molecule has 0 spiro atoms. The highest BCUT2D eigenvalue weighted by molar-refractivity contribution is 7.80. The smallest absolute Gasteiger partial charge is 0.327 e. The molecule has 0 radical (unpaired) electrons. The lowest BCUT2D eigenvalue weighted by Crippen LogP contribution is -2.62. The maximum absolute atomic E-state index is 13.8. The van der Waals surface area contributed by atoms with Gasteiger partial charge in [0, 0.05) is 46.4 Å². The van der Waals surface area contributed by atoms with Gasteiger partial charge in [-0.3, -0.25) is 24.0 Å². The first-order valence-electron chi connectivity index (χ1n) is 18.1. The number of thiol groups is 1. The van der Waals surface area contributed by atoms with E-state index < -0.39 is 84.5 Å². The zero-order valence-electron chi connectivity index (χ0n) is 31.2. The minimum absolute atomic E-state index is 0.0887. The molecule has 2 aromatic carbocycles. The van der Waals surface area contributed by atoms with E-state index in [4.69, 9.17) is 5.73 Å². The molecule has 0 aliphatic rings. The van der Waals surface area contributed by atoms with Gasteiger partial charge < -0.3 is 57.6 Å². The van der Waals surface area contributed by atoms with Crippen LogP contribution >= 0.6 is 12.6 Å². The number of aliphatic carboxylic acids is 1. The van der Waals surface area contributed by atoms with Crippen molar-refractivity contribution in [1.29, 1.82) is 0 Å². The van der Waals surface area contributed by atoms with Gasteiger partial charge in [-0.15, -0.1) is 0 Å². The van der Waals surface area contributed by atoms with Crippen LogP contribution in [0.2, 0.25) is 0 Å². The Morgan fingerprint density at radius 1 is 0.679 bits per heavy atom. The number of benzene rings is 2. The van der Waals surface area contributed by atoms with Gasteiger partial charge in [0.05, 0.1) is 18.8 Å². The number of nitrogens with two attached hydrogens (primary N) is 1. The van der Waals surface area contributed by atoms with Crippen LogP contribution in [0.5, 0.6) is 0 Å². The lowest BCUT2D eigenvalue weighted by atomic mass is 10.00. The van der Waals surface area contributed by atoms with E-state index in [2.05, 4.69) is 49.2 Å². The van der Waals surface area contributed by atoms with Gasteiger partial charge in [-0.1, -0.05) is 50.2 Å². The molecule has 2 heterocycles. The number of aromatic amines is 2. The van der Waals surface area contributed by atoms with Crippen molar-refractivity contribution in [2.45, 2.75) is 82.4 Å². The van der Waals surface area contributed by atoms with E-state index in [0.29, 0.717) is 5.56 Å². The summed E-state index contributed by atoms with van der Waals surface area (Å²) >= 11 is 3.91. The van der Waals surface area contributed by atoms with Crippen molar-refractivity contribution in [2.75, 3.05) is 12.4 Å². The molecule has 0 aliphatic heterocycles. The highest BCUT2D eigenvalue weighted by Gasteiger charge is 2.35. The zero-order valence-corrected chi connectivity index (χ0v) is 32.1. The van der Waals surface area contributed by atoms with Crippen molar-refractivity contribution >= 4 is 69.9 Å². The fourth-order valence-corrected chi connectivity index (χ4v) is 6.43. The number of amides is 5. The molecular weight excluding hydrogens is 745 g/mol. The lowest BCUT2D eigenvalue weighted by Gasteiger charge is -2.28. The molecule has 2 aromatic heterocycles. The highest BCUT2D eigenvalue weighted by Crippen LogP contribution is 2.20. The molecule has 0 fully saturated rings. The summed E-state index contributed by atoms with van der Waals surface area (Å²) in [6.45, 7) is 4.03. The number of hydrogen-bond donors (Lipinski definition) is 12. The molecule has 4 aromatic rings. The normalized spacial score (nSPS) is 15.2. The number of para-hydroxylation sites is 2. The van der Waals surface area contributed by atoms with Crippen molar-refractivity contribution in [3.63, 3.8) is 0 Å². The second-order valence-corrected chi connectivity index (χ2v) is 14.4. The highest BCUT2D eigenvalue weighted by atomic mass is 32.1. The van der Waals surface area contributed by atoms with Gasteiger partial charge in [-0.25, -0.2) is 4.79 Å². The van der Waals surface area contributed by atoms with E-state index >= 15 is 0 Å². The van der Waals surface area contributed by atoms with E-state index in [9.17, 15) is 44.1 Å². The van der Waals surface area contributed by atoms with Gasteiger partial charge in [0.25, 0.3) is 0 Å². The molecule has 0 saturated carbocycles. The third-order valence-electron chi connectivity index (χ3n) is 9.20. The molecule has 5 amide bonds. The Morgan fingerprint density at radius 3 is 1.68 bits per heavy atom. The fourth-order valence-electron chi connectivity index (χ4n) is 6.19. The number of nitrogens with one attached hydrogen (secondary N) is 7. The van der Waals surface area contributed by atoms with Crippen LogP contribution in [0.15, 0.2) is 60.9 Å². The van der Waals surface area contributed by atoms with Crippen molar-refractivity contribution in [3.8, 4) is 0 Å². The summed E-state index contributed by atoms with van der Waals surface area (Å²) in [6.07, 6.45) is 2.12. The first-order valence-corrected chi connectivity index (χ1v) is 18.8. The third kappa shape index (κ3) is 11.3. The quantitative estimate of drug-likeness (QED) is 0.0516. The Hall–Kier alpha value is -5.43. The SMILES string of the molecule is CC(C)C[C@H](NC(=O)[C@@H](N)Cc1c[nH]c2ccccc12)C(=O)N[C@H](C(=O)N[C@@H](Cc1c[nH]c2ccccc12)C(=O)N[C@@H](CO)C(=O)N[C@@H](CS)C(=O)O)[C@@H](C)O. The number of aliphatic hydroxyl groups excluding tert-OH is 2. The number of aliphatic hydroxyl groups is 2.